The Morgan fingerprint density at radius 1 is 1.53 bits per heavy atom. The summed E-state index contributed by atoms with van der Waals surface area (Å²) in [5, 5.41) is 3.32. The summed E-state index contributed by atoms with van der Waals surface area (Å²) < 4.78 is 11.0. The Morgan fingerprint density at radius 3 is 3.12 bits per heavy atom. The van der Waals surface area contributed by atoms with Crippen molar-refractivity contribution in [3.05, 3.63) is 18.2 Å². The average molecular weight is 236 g/mol. The fourth-order valence-corrected chi connectivity index (χ4v) is 2.01. The van der Waals surface area contributed by atoms with Gasteiger partial charge in [-0.05, 0) is 31.9 Å². The topological polar surface area (TPSA) is 56.5 Å². The Kier molecular flexibility index (Phi) is 4.09. The Bertz CT molecular complexity index is 362. The number of hydrogen-bond acceptors (Lipinski definition) is 4. The lowest BCUT2D eigenvalue weighted by molar-refractivity contribution is 0.120. The fourth-order valence-electron chi connectivity index (χ4n) is 2.01. The predicted octanol–water partition coefficient (Wildman–Crippen LogP) is 2.26. The van der Waals surface area contributed by atoms with E-state index in [-0.39, 0.29) is 0 Å². The second kappa shape index (κ2) is 5.77. The minimum Gasteiger partial charge on any atom is -0.492 e. The smallest absolute Gasteiger partial charge is 0.144 e. The average Bonchev–Trinajstić information content (AvgIpc) is 2.83. The summed E-state index contributed by atoms with van der Waals surface area (Å²) in [5.74, 6) is 0.741. The lowest BCUT2D eigenvalue weighted by Crippen LogP contribution is -2.19. The Hall–Kier alpha value is -1.42. The zero-order valence-electron chi connectivity index (χ0n) is 10.2. The van der Waals surface area contributed by atoms with Crippen molar-refractivity contribution >= 4 is 11.4 Å². The van der Waals surface area contributed by atoms with Crippen molar-refractivity contribution in [3.8, 4) is 5.75 Å². The summed E-state index contributed by atoms with van der Waals surface area (Å²) in [6.07, 6.45) is 2.59. The molecule has 17 heavy (non-hydrogen) atoms. The van der Waals surface area contributed by atoms with E-state index in [0.717, 1.165) is 37.4 Å². The summed E-state index contributed by atoms with van der Waals surface area (Å²) in [6.45, 7) is 4.26. The molecule has 4 nitrogen and oxygen atoms in total. The number of benzene rings is 1. The maximum absolute atomic E-state index is 6.03. The maximum atomic E-state index is 6.03. The van der Waals surface area contributed by atoms with Crippen molar-refractivity contribution in [3.63, 3.8) is 0 Å². The second-order valence-corrected chi connectivity index (χ2v) is 4.17. The highest BCUT2D eigenvalue weighted by Crippen LogP contribution is 2.29. The monoisotopic (exact) mass is 236 g/mol. The van der Waals surface area contributed by atoms with E-state index in [4.69, 9.17) is 15.2 Å². The Labute approximate surface area is 102 Å². The van der Waals surface area contributed by atoms with Crippen LogP contribution in [0, 0.1) is 0 Å². The number of rotatable bonds is 5. The first-order chi connectivity index (χ1) is 8.31. The number of ether oxygens (including phenoxy) is 2. The van der Waals surface area contributed by atoms with Crippen molar-refractivity contribution in [2.75, 3.05) is 30.8 Å². The van der Waals surface area contributed by atoms with Crippen LogP contribution in [-0.2, 0) is 4.74 Å². The highest BCUT2D eigenvalue weighted by Gasteiger charge is 2.15. The molecule has 0 spiro atoms. The van der Waals surface area contributed by atoms with Gasteiger partial charge in [-0.25, -0.2) is 0 Å². The van der Waals surface area contributed by atoms with Crippen LogP contribution in [0.5, 0.6) is 5.75 Å². The van der Waals surface area contributed by atoms with Gasteiger partial charge in [0.2, 0.25) is 0 Å². The van der Waals surface area contributed by atoms with Crippen molar-refractivity contribution in [1.82, 2.24) is 0 Å². The molecule has 0 radical (unpaired) electrons. The van der Waals surface area contributed by atoms with Crippen LogP contribution < -0.4 is 15.8 Å². The molecule has 0 amide bonds. The molecule has 0 aromatic heterocycles. The summed E-state index contributed by atoms with van der Waals surface area (Å²) in [6, 6.07) is 5.79. The summed E-state index contributed by atoms with van der Waals surface area (Å²) >= 11 is 0. The molecule has 4 heteroatoms. The third kappa shape index (κ3) is 3.03. The molecule has 0 saturated carbocycles. The molecule has 1 heterocycles. The van der Waals surface area contributed by atoms with Gasteiger partial charge in [-0.2, -0.15) is 0 Å². The van der Waals surface area contributed by atoms with Crippen molar-refractivity contribution < 1.29 is 9.47 Å². The van der Waals surface area contributed by atoms with Crippen molar-refractivity contribution in [2.24, 2.45) is 0 Å². The number of nitrogens with one attached hydrogen (secondary N) is 1. The van der Waals surface area contributed by atoms with Crippen LogP contribution in [0.15, 0.2) is 18.2 Å². The van der Waals surface area contributed by atoms with Crippen molar-refractivity contribution in [1.29, 1.82) is 0 Å². The van der Waals surface area contributed by atoms with Crippen LogP contribution in [-0.4, -0.2) is 25.9 Å². The lowest BCUT2D eigenvalue weighted by atomic mass is 10.2. The lowest BCUT2D eigenvalue weighted by Gasteiger charge is -2.15. The Morgan fingerprint density at radius 2 is 2.41 bits per heavy atom. The van der Waals surface area contributed by atoms with Gasteiger partial charge in [-0.3, -0.25) is 0 Å². The SMILES string of the molecule is CCOc1cccc(NCC2CCCO2)c1N. The molecule has 94 valence electrons. The number of nitrogen functional groups attached to an aromatic ring is 1. The molecule has 0 bridgehead atoms. The first kappa shape index (κ1) is 12.0. The van der Waals surface area contributed by atoms with E-state index < -0.39 is 0 Å². The quantitative estimate of drug-likeness (QED) is 0.770. The largest absolute Gasteiger partial charge is 0.492 e. The molecular formula is C13H20N2O2. The minimum atomic E-state index is 0.310. The number of hydrogen-bond donors (Lipinski definition) is 2. The van der Waals surface area contributed by atoms with E-state index in [0.29, 0.717) is 18.4 Å². The number of para-hydroxylation sites is 1. The van der Waals surface area contributed by atoms with Gasteiger partial charge >= 0.3 is 0 Å². The minimum absolute atomic E-state index is 0.310. The zero-order valence-corrected chi connectivity index (χ0v) is 10.2. The Balaban J connectivity index is 1.97. The molecule has 1 unspecified atom stereocenters. The first-order valence-electron chi connectivity index (χ1n) is 6.18. The van der Waals surface area contributed by atoms with E-state index >= 15 is 0 Å². The molecule has 1 aliphatic rings. The molecule has 1 aliphatic heterocycles. The molecule has 1 atom stereocenters. The van der Waals surface area contributed by atoms with Crippen LogP contribution in [0.4, 0.5) is 11.4 Å². The summed E-state index contributed by atoms with van der Waals surface area (Å²) in [5.41, 5.74) is 7.62. The number of anilines is 2. The van der Waals surface area contributed by atoms with Crippen LogP contribution in [0.3, 0.4) is 0 Å². The maximum Gasteiger partial charge on any atom is 0.144 e. The van der Waals surface area contributed by atoms with E-state index in [1.54, 1.807) is 0 Å². The van der Waals surface area contributed by atoms with E-state index in [9.17, 15) is 0 Å². The molecule has 3 N–H and O–H groups in total. The fraction of sp³-hybridized carbons (Fsp3) is 0.538. The van der Waals surface area contributed by atoms with Gasteiger partial charge in [0.25, 0.3) is 0 Å². The molecule has 1 fully saturated rings. The van der Waals surface area contributed by atoms with Gasteiger partial charge in [-0.15, -0.1) is 0 Å². The molecule has 2 rings (SSSR count). The zero-order chi connectivity index (χ0) is 12.1. The van der Waals surface area contributed by atoms with Crippen LogP contribution in [0.1, 0.15) is 19.8 Å². The third-order valence-electron chi connectivity index (χ3n) is 2.91. The van der Waals surface area contributed by atoms with Gasteiger partial charge < -0.3 is 20.5 Å². The normalized spacial score (nSPS) is 19.2. The summed E-state index contributed by atoms with van der Waals surface area (Å²) in [4.78, 5) is 0. The number of nitrogens with two attached hydrogens (primary N) is 1. The third-order valence-corrected chi connectivity index (χ3v) is 2.91. The highest BCUT2D eigenvalue weighted by atomic mass is 16.5. The van der Waals surface area contributed by atoms with Gasteiger partial charge in [0.05, 0.1) is 24.1 Å². The van der Waals surface area contributed by atoms with Gasteiger partial charge in [0, 0.05) is 13.2 Å². The van der Waals surface area contributed by atoms with Gasteiger partial charge in [0.1, 0.15) is 5.75 Å². The van der Waals surface area contributed by atoms with E-state index in [1.807, 2.05) is 25.1 Å². The summed E-state index contributed by atoms with van der Waals surface area (Å²) in [7, 11) is 0. The van der Waals surface area contributed by atoms with E-state index in [1.165, 1.54) is 0 Å². The van der Waals surface area contributed by atoms with Crippen molar-refractivity contribution in [2.45, 2.75) is 25.9 Å². The van der Waals surface area contributed by atoms with Crippen LogP contribution in [0.2, 0.25) is 0 Å². The molecule has 1 aromatic rings. The molecule has 0 aliphatic carbocycles. The molecular weight excluding hydrogens is 216 g/mol. The van der Waals surface area contributed by atoms with Crippen LogP contribution >= 0.6 is 0 Å². The van der Waals surface area contributed by atoms with Gasteiger partial charge in [-0.1, -0.05) is 6.07 Å². The highest BCUT2D eigenvalue weighted by molar-refractivity contribution is 5.72. The van der Waals surface area contributed by atoms with E-state index in [2.05, 4.69) is 5.32 Å². The second-order valence-electron chi connectivity index (χ2n) is 4.17. The standard InChI is InChI=1S/C13H20N2O2/c1-2-16-12-7-3-6-11(13(12)14)15-9-10-5-4-8-17-10/h3,6-7,10,15H,2,4-5,8-9,14H2,1H3. The van der Waals surface area contributed by atoms with Gasteiger partial charge in [0.15, 0.2) is 0 Å². The van der Waals surface area contributed by atoms with Crippen LogP contribution in [0.25, 0.3) is 0 Å². The molecule has 1 aromatic carbocycles. The predicted molar refractivity (Wildman–Crippen MR) is 69.5 cm³/mol. The molecule has 1 saturated heterocycles. The first-order valence-corrected chi connectivity index (χ1v) is 6.18.